The lowest BCUT2D eigenvalue weighted by atomic mass is 9.74. The fraction of sp³-hybridized carbons (Fsp3) is 0.562. The van der Waals surface area contributed by atoms with E-state index in [4.69, 9.17) is 5.73 Å². The van der Waals surface area contributed by atoms with E-state index < -0.39 is 17.1 Å². The van der Waals surface area contributed by atoms with E-state index in [1.807, 2.05) is 52.0 Å². The van der Waals surface area contributed by atoms with Gasteiger partial charge in [0, 0.05) is 12.0 Å². The van der Waals surface area contributed by atoms with Crippen molar-refractivity contribution < 1.29 is 9.90 Å². The third-order valence-electron chi connectivity index (χ3n) is 4.67. The zero-order chi connectivity index (χ0) is 15.1. The maximum absolute atomic E-state index is 12.5. The summed E-state index contributed by atoms with van der Waals surface area (Å²) in [6, 6.07) is 7.47. The van der Waals surface area contributed by atoms with Crippen molar-refractivity contribution in [1.82, 2.24) is 5.32 Å². The van der Waals surface area contributed by atoms with Crippen molar-refractivity contribution in [2.75, 3.05) is 0 Å². The number of nitrogens with one attached hydrogen (secondary N) is 1. The highest BCUT2D eigenvalue weighted by Crippen LogP contribution is 2.34. The van der Waals surface area contributed by atoms with Crippen LogP contribution in [-0.4, -0.2) is 22.7 Å². The maximum atomic E-state index is 12.5. The molecule has 110 valence electrons. The molecule has 20 heavy (non-hydrogen) atoms. The molecular formula is C16H24N2O2. The van der Waals surface area contributed by atoms with Crippen LogP contribution in [0.15, 0.2) is 24.3 Å². The summed E-state index contributed by atoms with van der Waals surface area (Å²) in [6.07, 6.45) is 0.00106. The Labute approximate surface area is 120 Å². The number of hydrogen-bond acceptors (Lipinski definition) is 3. The Bertz CT molecular complexity index is 517. The molecule has 1 aromatic rings. The summed E-state index contributed by atoms with van der Waals surface area (Å²) >= 11 is 0. The van der Waals surface area contributed by atoms with Gasteiger partial charge in [-0.05, 0) is 38.8 Å². The SMILES string of the molecule is CC(C)(N)C(C)(C)C(=O)N[C@@H]1c2ccccc2C[C@@H]1O. The second kappa shape index (κ2) is 4.86. The Balaban J connectivity index is 2.21. The number of nitrogens with two attached hydrogens (primary N) is 1. The van der Waals surface area contributed by atoms with Gasteiger partial charge in [0.15, 0.2) is 0 Å². The second-order valence-electron chi connectivity index (χ2n) is 6.77. The molecule has 0 spiro atoms. The zero-order valence-electron chi connectivity index (χ0n) is 12.6. The lowest BCUT2D eigenvalue weighted by Crippen LogP contribution is -2.56. The number of aliphatic hydroxyl groups excluding tert-OH is 1. The predicted molar refractivity (Wildman–Crippen MR) is 79.1 cm³/mol. The number of hydrogen-bond donors (Lipinski definition) is 3. The fourth-order valence-electron chi connectivity index (χ4n) is 2.36. The molecule has 0 radical (unpaired) electrons. The molecule has 1 amide bonds. The standard InChI is InChI=1S/C16H24N2O2/c1-15(2,16(3,4)17)14(20)18-13-11-8-6-5-7-10(11)9-12(13)19/h5-8,12-13,19H,9,17H2,1-4H3,(H,18,20)/t12-,13+/m0/s1. The lowest BCUT2D eigenvalue weighted by Gasteiger charge is -2.38. The molecule has 0 saturated carbocycles. The Hall–Kier alpha value is -1.39. The summed E-state index contributed by atoms with van der Waals surface area (Å²) in [5.74, 6) is -0.134. The van der Waals surface area contributed by atoms with Gasteiger partial charge in [-0.1, -0.05) is 24.3 Å². The fourth-order valence-corrected chi connectivity index (χ4v) is 2.36. The average molecular weight is 276 g/mol. The zero-order valence-corrected chi connectivity index (χ0v) is 12.6. The van der Waals surface area contributed by atoms with Crippen molar-refractivity contribution in [1.29, 1.82) is 0 Å². The predicted octanol–water partition coefficient (Wildman–Crippen LogP) is 1.52. The summed E-state index contributed by atoms with van der Waals surface area (Å²) in [7, 11) is 0. The Morgan fingerprint density at radius 1 is 1.30 bits per heavy atom. The summed E-state index contributed by atoms with van der Waals surface area (Å²) in [4.78, 5) is 12.5. The number of benzene rings is 1. The summed E-state index contributed by atoms with van der Waals surface area (Å²) < 4.78 is 0. The monoisotopic (exact) mass is 276 g/mol. The minimum absolute atomic E-state index is 0.134. The molecule has 0 aliphatic heterocycles. The molecule has 0 bridgehead atoms. The number of fused-ring (bicyclic) bond motifs is 1. The molecule has 0 unspecified atom stereocenters. The maximum Gasteiger partial charge on any atom is 0.228 e. The van der Waals surface area contributed by atoms with Crippen molar-refractivity contribution in [2.45, 2.75) is 51.8 Å². The first-order chi connectivity index (χ1) is 9.14. The molecule has 2 rings (SSSR count). The number of carbonyl (C=O) groups excluding carboxylic acids is 1. The molecule has 4 N–H and O–H groups in total. The number of aliphatic hydroxyl groups is 1. The third-order valence-corrected chi connectivity index (χ3v) is 4.67. The molecule has 4 heteroatoms. The Kier molecular flexibility index (Phi) is 3.65. The van der Waals surface area contributed by atoms with Crippen molar-refractivity contribution >= 4 is 5.91 Å². The van der Waals surface area contributed by atoms with E-state index in [0.29, 0.717) is 6.42 Å². The molecule has 4 nitrogen and oxygen atoms in total. The van der Waals surface area contributed by atoms with Gasteiger partial charge in [-0.15, -0.1) is 0 Å². The van der Waals surface area contributed by atoms with Crippen LogP contribution in [0.25, 0.3) is 0 Å². The quantitative estimate of drug-likeness (QED) is 0.783. The first kappa shape index (κ1) is 15.0. The molecule has 0 fully saturated rings. The molecule has 0 heterocycles. The smallest absolute Gasteiger partial charge is 0.228 e. The normalized spacial score (nSPS) is 22.5. The van der Waals surface area contributed by atoms with Crippen LogP contribution in [0.1, 0.15) is 44.9 Å². The van der Waals surface area contributed by atoms with E-state index >= 15 is 0 Å². The average Bonchev–Trinajstić information content (AvgIpc) is 2.64. The van der Waals surface area contributed by atoms with Crippen LogP contribution in [0.3, 0.4) is 0 Å². The highest BCUT2D eigenvalue weighted by Gasteiger charge is 2.43. The van der Waals surface area contributed by atoms with Crippen molar-refractivity contribution in [2.24, 2.45) is 11.1 Å². The van der Waals surface area contributed by atoms with E-state index in [0.717, 1.165) is 11.1 Å². The van der Waals surface area contributed by atoms with Gasteiger partial charge >= 0.3 is 0 Å². The van der Waals surface area contributed by atoms with Crippen LogP contribution >= 0.6 is 0 Å². The van der Waals surface area contributed by atoms with E-state index in [-0.39, 0.29) is 11.9 Å². The molecule has 1 aliphatic rings. The van der Waals surface area contributed by atoms with E-state index in [9.17, 15) is 9.90 Å². The Morgan fingerprint density at radius 2 is 1.90 bits per heavy atom. The van der Waals surface area contributed by atoms with Crippen molar-refractivity contribution in [3.8, 4) is 0 Å². The third kappa shape index (κ3) is 2.45. The van der Waals surface area contributed by atoms with Gasteiger partial charge in [-0.25, -0.2) is 0 Å². The van der Waals surface area contributed by atoms with Crippen LogP contribution in [0, 0.1) is 5.41 Å². The minimum atomic E-state index is -0.718. The lowest BCUT2D eigenvalue weighted by molar-refractivity contribution is -0.133. The molecule has 0 saturated heterocycles. The first-order valence-corrected chi connectivity index (χ1v) is 7.00. The van der Waals surface area contributed by atoms with Crippen LogP contribution in [0.5, 0.6) is 0 Å². The molecule has 1 aliphatic carbocycles. The van der Waals surface area contributed by atoms with Crippen molar-refractivity contribution in [3.63, 3.8) is 0 Å². The van der Waals surface area contributed by atoms with E-state index in [1.165, 1.54) is 0 Å². The highest BCUT2D eigenvalue weighted by molar-refractivity contribution is 5.84. The minimum Gasteiger partial charge on any atom is -0.390 e. The topological polar surface area (TPSA) is 75.4 Å². The van der Waals surface area contributed by atoms with Crippen LogP contribution < -0.4 is 11.1 Å². The highest BCUT2D eigenvalue weighted by atomic mass is 16.3. The van der Waals surface area contributed by atoms with Crippen molar-refractivity contribution in [3.05, 3.63) is 35.4 Å². The van der Waals surface area contributed by atoms with Gasteiger partial charge in [0.2, 0.25) is 5.91 Å². The second-order valence-corrected chi connectivity index (χ2v) is 6.77. The Morgan fingerprint density at radius 3 is 2.50 bits per heavy atom. The number of amides is 1. The van der Waals surface area contributed by atoms with Gasteiger partial charge in [0.1, 0.15) is 0 Å². The van der Waals surface area contributed by atoms with Gasteiger partial charge in [0.05, 0.1) is 17.6 Å². The van der Waals surface area contributed by atoms with Gasteiger partial charge < -0.3 is 16.2 Å². The molecule has 1 aromatic carbocycles. The van der Waals surface area contributed by atoms with Crippen LogP contribution in [0.2, 0.25) is 0 Å². The summed E-state index contributed by atoms with van der Waals surface area (Å²) in [5.41, 5.74) is 6.83. The van der Waals surface area contributed by atoms with Crippen LogP contribution in [0.4, 0.5) is 0 Å². The van der Waals surface area contributed by atoms with Gasteiger partial charge in [-0.2, -0.15) is 0 Å². The van der Waals surface area contributed by atoms with Gasteiger partial charge in [0.25, 0.3) is 0 Å². The number of rotatable bonds is 3. The van der Waals surface area contributed by atoms with Gasteiger partial charge in [-0.3, -0.25) is 4.79 Å². The largest absolute Gasteiger partial charge is 0.390 e. The number of carbonyl (C=O) groups is 1. The van der Waals surface area contributed by atoms with E-state index in [2.05, 4.69) is 5.32 Å². The van der Waals surface area contributed by atoms with Crippen LogP contribution in [-0.2, 0) is 11.2 Å². The first-order valence-electron chi connectivity index (χ1n) is 7.00. The summed E-state index contributed by atoms with van der Waals surface area (Å²) in [5, 5.41) is 13.1. The summed E-state index contributed by atoms with van der Waals surface area (Å²) in [6.45, 7) is 7.34. The van der Waals surface area contributed by atoms with E-state index in [1.54, 1.807) is 0 Å². The molecule has 2 atom stereocenters. The molecular weight excluding hydrogens is 252 g/mol. The molecule has 0 aromatic heterocycles.